The Morgan fingerprint density at radius 3 is 2.92 bits per heavy atom. The molecule has 0 bridgehead atoms. The molecule has 70 valence electrons. The van der Waals surface area contributed by atoms with E-state index in [0.717, 1.165) is 0 Å². The fourth-order valence-corrected chi connectivity index (χ4v) is 0.501. The van der Waals surface area contributed by atoms with Crippen LogP contribution in [0.4, 0.5) is 0 Å². The Labute approximate surface area is 71.8 Å². The van der Waals surface area contributed by atoms with Gasteiger partial charge in [-0.3, -0.25) is 4.79 Å². The first-order chi connectivity index (χ1) is 5.77. The Morgan fingerprint density at radius 2 is 2.33 bits per heavy atom. The summed E-state index contributed by atoms with van der Waals surface area (Å²) in [5.74, 6) is -0.346. The molecule has 0 radical (unpaired) electrons. The second-order valence-electron chi connectivity index (χ2n) is 2.13. The van der Waals surface area contributed by atoms with Crippen molar-refractivity contribution in [1.82, 2.24) is 0 Å². The van der Waals surface area contributed by atoms with E-state index in [1.54, 1.807) is 6.08 Å². The Hall–Kier alpha value is -0.870. The lowest BCUT2D eigenvalue weighted by molar-refractivity contribution is -0.135. The van der Waals surface area contributed by atoms with Gasteiger partial charge in [0.25, 0.3) is 0 Å². The summed E-state index contributed by atoms with van der Waals surface area (Å²) in [6, 6.07) is 0. The zero-order chi connectivity index (χ0) is 9.23. The van der Waals surface area contributed by atoms with Gasteiger partial charge in [0.15, 0.2) is 0 Å². The summed E-state index contributed by atoms with van der Waals surface area (Å²) in [5, 5.41) is 8.37. The second-order valence-corrected chi connectivity index (χ2v) is 2.13. The van der Waals surface area contributed by atoms with Crippen LogP contribution in [0.2, 0.25) is 0 Å². The quantitative estimate of drug-likeness (QED) is 0.361. The minimum absolute atomic E-state index is 0.133. The molecule has 0 unspecified atom stereocenters. The monoisotopic (exact) mass is 174 g/mol. The molecule has 0 aliphatic rings. The summed E-state index contributed by atoms with van der Waals surface area (Å²) in [6.07, 6.45) is 3.52. The minimum Gasteiger partial charge on any atom is -0.435 e. The van der Waals surface area contributed by atoms with Crippen LogP contribution in [0.5, 0.6) is 0 Å². The number of carbonyl (C=O) groups is 1. The van der Waals surface area contributed by atoms with Crippen molar-refractivity contribution in [3.05, 3.63) is 12.3 Å². The summed E-state index contributed by atoms with van der Waals surface area (Å²) in [6.45, 7) is 2.37. The van der Waals surface area contributed by atoms with Crippen molar-refractivity contribution in [1.29, 1.82) is 0 Å². The van der Waals surface area contributed by atoms with E-state index in [1.807, 2.05) is 0 Å². The van der Waals surface area contributed by atoms with E-state index in [-0.39, 0.29) is 12.6 Å². The minimum atomic E-state index is -0.346. The van der Waals surface area contributed by atoms with Crippen molar-refractivity contribution < 1.29 is 19.4 Å². The van der Waals surface area contributed by atoms with Gasteiger partial charge in [-0.1, -0.05) is 0 Å². The molecule has 0 aromatic heterocycles. The molecular weight excluding hydrogens is 160 g/mol. The van der Waals surface area contributed by atoms with Crippen LogP contribution in [0.3, 0.4) is 0 Å². The van der Waals surface area contributed by atoms with Crippen molar-refractivity contribution in [3.8, 4) is 0 Å². The number of rotatable bonds is 6. The smallest absolute Gasteiger partial charge is 0.307 e. The summed E-state index contributed by atoms with van der Waals surface area (Å²) >= 11 is 0. The largest absolute Gasteiger partial charge is 0.435 e. The molecule has 1 N–H and O–H groups in total. The molecule has 12 heavy (non-hydrogen) atoms. The average molecular weight is 174 g/mol. The molecule has 0 aliphatic heterocycles. The predicted molar refractivity (Wildman–Crippen MR) is 43.4 cm³/mol. The van der Waals surface area contributed by atoms with Crippen LogP contribution in [0.15, 0.2) is 12.3 Å². The number of hydrogen-bond donors (Lipinski definition) is 1. The molecule has 4 nitrogen and oxygen atoms in total. The van der Waals surface area contributed by atoms with Gasteiger partial charge in [0.1, 0.15) is 0 Å². The molecule has 4 heteroatoms. The van der Waals surface area contributed by atoms with E-state index in [0.29, 0.717) is 19.6 Å². The van der Waals surface area contributed by atoms with Crippen molar-refractivity contribution >= 4 is 5.97 Å². The van der Waals surface area contributed by atoms with Crippen LogP contribution >= 0.6 is 0 Å². The van der Waals surface area contributed by atoms with Crippen molar-refractivity contribution in [2.75, 3.05) is 19.8 Å². The highest BCUT2D eigenvalue weighted by Crippen LogP contribution is 1.83. The Bertz CT molecular complexity index is 142. The van der Waals surface area contributed by atoms with E-state index in [4.69, 9.17) is 9.84 Å². The van der Waals surface area contributed by atoms with E-state index in [1.165, 1.54) is 13.2 Å². The summed E-state index contributed by atoms with van der Waals surface area (Å²) in [5.41, 5.74) is 0. The summed E-state index contributed by atoms with van der Waals surface area (Å²) < 4.78 is 9.52. The Balaban J connectivity index is 3.08. The first kappa shape index (κ1) is 11.1. The molecule has 0 saturated heterocycles. The van der Waals surface area contributed by atoms with Gasteiger partial charge < -0.3 is 14.6 Å². The Kier molecular flexibility index (Phi) is 7.63. The van der Waals surface area contributed by atoms with E-state index in [9.17, 15) is 4.79 Å². The van der Waals surface area contributed by atoms with Crippen molar-refractivity contribution in [2.24, 2.45) is 0 Å². The Morgan fingerprint density at radius 1 is 1.58 bits per heavy atom. The van der Waals surface area contributed by atoms with Crippen LogP contribution in [0.25, 0.3) is 0 Å². The number of ether oxygens (including phenoxy) is 2. The number of aliphatic hydroxyl groups excluding tert-OH is 1. The first-order valence-electron chi connectivity index (χ1n) is 3.78. The molecule has 0 rings (SSSR count). The lowest BCUT2D eigenvalue weighted by Gasteiger charge is -1.97. The van der Waals surface area contributed by atoms with E-state index >= 15 is 0 Å². The number of carbonyl (C=O) groups excluding carboxylic acids is 1. The third-order valence-corrected chi connectivity index (χ3v) is 0.991. The number of aliphatic hydroxyl groups is 1. The van der Waals surface area contributed by atoms with Crippen LogP contribution < -0.4 is 0 Å². The predicted octanol–water partition coefficient (Wildman–Crippen LogP) is 0.462. The molecule has 0 fully saturated rings. The van der Waals surface area contributed by atoms with Gasteiger partial charge in [-0.25, -0.2) is 0 Å². The van der Waals surface area contributed by atoms with Gasteiger partial charge >= 0.3 is 5.97 Å². The lowest BCUT2D eigenvalue weighted by atomic mass is 10.5. The van der Waals surface area contributed by atoms with Crippen LogP contribution in [-0.4, -0.2) is 30.9 Å². The van der Waals surface area contributed by atoms with Crippen LogP contribution in [0, 0.1) is 0 Å². The molecule has 0 aliphatic carbocycles. The molecule has 0 atom stereocenters. The van der Waals surface area contributed by atoms with Gasteiger partial charge in [-0.2, -0.15) is 0 Å². The summed E-state index contributed by atoms with van der Waals surface area (Å²) in [7, 11) is 0. The summed E-state index contributed by atoms with van der Waals surface area (Å²) in [4.78, 5) is 10.2. The average Bonchev–Trinajstić information content (AvgIpc) is 2.02. The van der Waals surface area contributed by atoms with Gasteiger partial charge in [0.2, 0.25) is 0 Å². The highest BCUT2D eigenvalue weighted by atomic mass is 16.5. The van der Waals surface area contributed by atoms with E-state index < -0.39 is 0 Å². The van der Waals surface area contributed by atoms with Gasteiger partial charge in [-0.15, -0.1) is 0 Å². The first-order valence-corrected chi connectivity index (χ1v) is 3.78. The molecule has 0 saturated carbocycles. The third kappa shape index (κ3) is 9.13. The topological polar surface area (TPSA) is 55.8 Å². The van der Waals surface area contributed by atoms with Crippen LogP contribution in [0.1, 0.15) is 13.3 Å². The highest BCUT2D eigenvalue weighted by Gasteiger charge is 1.85. The number of hydrogen-bond acceptors (Lipinski definition) is 4. The van der Waals surface area contributed by atoms with Gasteiger partial charge in [0, 0.05) is 20.1 Å². The SMILES string of the molecule is CC(=O)OC=CCOCCCO. The number of esters is 1. The second kappa shape index (κ2) is 8.23. The third-order valence-electron chi connectivity index (χ3n) is 0.991. The van der Waals surface area contributed by atoms with Gasteiger partial charge in [-0.05, 0) is 12.5 Å². The zero-order valence-corrected chi connectivity index (χ0v) is 7.16. The lowest BCUT2D eigenvalue weighted by Crippen LogP contribution is -1.97. The normalized spacial score (nSPS) is 10.5. The fraction of sp³-hybridized carbons (Fsp3) is 0.625. The maximum absolute atomic E-state index is 10.2. The molecule has 0 heterocycles. The fourth-order valence-electron chi connectivity index (χ4n) is 0.501. The van der Waals surface area contributed by atoms with Crippen LogP contribution in [-0.2, 0) is 14.3 Å². The molecule has 0 spiro atoms. The molecular formula is C8H14O4. The van der Waals surface area contributed by atoms with E-state index in [2.05, 4.69) is 4.74 Å². The molecule has 0 aromatic carbocycles. The van der Waals surface area contributed by atoms with Crippen molar-refractivity contribution in [3.63, 3.8) is 0 Å². The van der Waals surface area contributed by atoms with Gasteiger partial charge in [0.05, 0.1) is 12.9 Å². The highest BCUT2D eigenvalue weighted by molar-refractivity contribution is 5.66. The molecule has 0 aromatic rings. The van der Waals surface area contributed by atoms with Crippen molar-refractivity contribution in [2.45, 2.75) is 13.3 Å². The zero-order valence-electron chi connectivity index (χ0n) is 7.16. The standard InChI is InChI=1S/C8H14O4/c1-8(10)12-7-3-6-11-5-2-4-9/h3,7,9H,2,4-6H2,1H3. The maximum Gasteiger partial charge on any atom is 0.307 e. The maximum atomic E-state index is 10.2. The molecule has 0 amide bonds.